The number of rotatable bonds is 13. The van der Waals surface area contributed by atoms with Gasteiger partial charge in [-0.05, 0) is 0 Å². The molecule has 1 rings (SSSR count). The summed E-state index contributed by atoms with van der Waals surface area (Å²) in [7, 11) is 0. The van der Waals surface area contributed by atoms with Crippen LogP contribution in [-0.4, -0.2) is 49.5 Å². The molecule has 6 atom stereocenters. The van der Waals surface area contributed by atoms with Gasteiger partial charge in [0.1, 0.15) is 0 Å². The molecule has 0 aliphatic carbocycles. The van der Waals surface area contributed by atoms with Crippen molar-refractivity contribution in [1.82, 2.24) is 0 Å². The molecule has 218 valence electrons. The van der Waals surface area contributed by atoms with E-state index in [-0.39, 0.29) is 25.8 Å². The molecule has 1 aromatic carbocycles. The maximum absolute atomic E-state index is 4.51. The minimum absolute atomic E-state index is 0. The second-order valence-electron chi connectivity index (χ2n) is 11.4. The van der Waals surface area contributed by atoms with E-state index in [1.54, 1.807) is 4.40 Å². The first kappa shape index (κ1) is 44.7. The van der Waals surface area contributed by atoms with Gasteiger partial charge in [0.15, 0.2) is 0 Å². The monoisotopic (exact) mass is 747 g/mol. The van der Waals surface area contributed by atoms with Gasteiger partial charge in [-0.25, -0.2) is 0 Å². The predicted octanol–water partition coefficient (Wildman–Crippen LogP) is 10.8. The van der Waals surface area contributed by atoms with Gasteiger partial charge in [0.2, 0.25) is 0 Å². The van der Waals surface area contributed by atoms with Crippen LogP contribution in [0.4, 0.5) is 0 Å². The fourth-order valence-electron chi connectivity index (χ4n) is 2.81. The van der Waals surface area contributed by atoms with Crippen molar-refractivity contribution >= 4 is 17.7 Å². The number of hydrogen-bond donors (Lipinski definition) is 0. The second kappa shape index (κ2) is 28.2. The van der Waals surface area contributed by atoms with E-state index in [0.29, 0.717) is 36.3 Å². The molecule has 5 heteroatoms. The molecule has 0 fully saturated rings. The van der Waals surface area contributed by atoms with E-state index < -0.39 is 13.3 Å². The maximum Gasteiger partial charge on any atom is 4.00 e. The van der Waals surface area contributed by atoms with E-state index in [4.69, 9.17) is 0 Å². The molecule has 0 aliphatic heterocycles. The smallest absolute Gasteiger partial charge is 4.00 e. The summed E-state index contributed by atoms with van der Waals surface area (Å²) in [6, 6.07) is 12.1. The standard InChI is InChI=1S/C8H13Ge.3C8H18N.Hf/c1-9(2,3)8-6-4-5-7-8;3*1-5-7(3)9-8(4)6-2;/h4-7H,1-3H3;3*7-8H,5-6H2,1-4H3;/q4*-1;+4. The van der Waals surface area contributed by atoms with E-state index in [1.807, 2.05) is 0 Å². The molecule has 1 aromatic rings. The molecule has 37 heavy (non-hydrogen) atoms. The fraction of sp³-hybridized carbons (Fsp3) is 0.844. The zero-order valence-electron chi connectivity index (χ0n) is 27.9. The Morgan fingerprint density at radius 2 is 0.676 bits per heavy atom. The Morgan fingerprint density at radius 1 is 0.486 bits per heavy atom. The summed E-state index contributed by atoms with van der Waals surface area (Å²) in [6.07, 6.45) is 7.03. The van der Waals surface area contributed by atoms with Crippen LogP contribution in [0, 0.1) is 0 Å². The Labute approximate surface area is 257 Å². The van der Waals surface area contributed by atoms with Crippen LogP contribution >= 0.6 is 0 Å². The minimum atomic E-state index is -1.44. The molecule has 0 radical (unpaired) electrons. The molecule has 0 amide bonds. The third kappa shape index (κ3) is 31.0. The van der Waals surface area contributed by atoms with Gasteiger partial charge in [-0.3, -0.25) is 0 Å². The van der Waals surface area contributed by atoms with Crippen LogP contribution < -0.4 is 4.40 Å². The first-order valence-electron chi connectivity index (χ1n) is 15.0. The molecule has 6 unspecified atom stereocenters. The summed E-state index contributed by atoms with van der Waals surface area (Å²) in [5, 5.41) is 13.5. The van der Waals surface area contributed by atoms with Crippen molar-refractivity contribution < 1.29 is 25.8 Å². The largest absolute Gasteiger partial charge is 4.00 e. The van der Waals surface area contributed by atoms with Gasteiger partial charge in [0.25, 0.3) is 0 Å². The van der Waals surface area contributed by atoms with Crippen LogP contribution in [0.25, 0.3) is 16.0 Å². The van der Waals surface area contributed by atoms with Crippen molar-refractivity contribution in [3.8, 4) is 0 Å². The Hall–Kier alpha value is 0.643. The van der Waals surface area contributed by atoms with Crippen molar-refractivity contribution in [3.63, 3.8) is 0 Å². The first-order chi connectivity index (χ1) is 16.7. The zero-order valence-corrected chi connectivity index (χ0v) is 33.5. The molecule has 0 bridgehead atoms. The van der Waals surface area contributed by atoms with Crippen molar-refractivity contribution in [2.75, 3.05) is 0 Å². The van der Waals surface area contributed by atoms with Gasteiger partial charge < -0.3 is 16.0 Å². The van der Waals surface area contributed by atoms with Gasteiger partial charge >= 0.3 is 85.0 Å². The van der Waals surface area contributed by atoms with Crippen molar-refractivity contribution in [3.05, 3.63) is 40.2 Å². The van der Waals surface area contributed by atoms with E-state index in [9.17, 15) is 0 Å². The Balaban J connectivity index is -0.000000194. The molecule has 0 saturated carbocycles. The summed E-state index contributed by atoms with van der Waals surface area (Å²) in [4.78, 5) is 0. The van der Waals surface area contributed by atoms with E-state index in [0.717, 1.165) is 0 Å². The van der Waals surface area contributed by atoms with Crippen molar-refractivity contribution in [2.24, 2.45) is 0 Å². The van der Waals surface area contributed by atoms with E-state index in [1.165, 1.54) is 38.5 Å². The van der Waals surface area contributed by atoms with Gasteiger partial charge in [-0.15, -0.1) is 36.3 Å². The molecule has 0 aromatic heterocycles. The summed E-state index contributed by atoms with van der Waals surface area (Å²) >= 11 is -1.44. The topological polar surface area (TPSA) is 42.3 Å². The third-order valence-electron chi connectivity index (χ3n) is 6.60. The van der Waals surface area contributed by atoms with Gasteiger partial charge in [0, 0.05) is 0 Å². The van der Waals surface area contributed by atoms with Crippen LogP contribution in [0.15, 0.2) is 24.3 Å². The summed E-state index contributed by atoms with van der Waals surface area (Å²) in [5.41, 5.74) is 0. The first-order valence-corrected chi connectivity index (χ1v) is 22.4. The van der Waals surface area contributed by atoms with Crippen LogP contribution in [0.2, 0.25) is 17.3 Å². The van der Waals surface area contributed by atoms with E-state index in [2.05, 4.69) is 141 Å². The average Bonchev–Trinajstić information content (AvgIpc) is 3.40. The fourth-order valence-corrected chi connectivity index (χ4v) is 5.31. The van der Waals surface area contributed by atoms with Crippen molar-refractivity contribution in [2.45, 2.75) is 175 Å². The SMILES string of the molecule is CCC(C)[N-]C(C)CC.CCC(C)[N-]C(C)CC.CCC(C)[N-]C(C)CC.[CH3][Ge]([CH3])([CH3])[c-]1cccc1.[Hf+4]. The third-order valence-corrected chi connectivity index (χ3v) is 10.9. The van der Waals surface area contributed by atoms with Gasteiger partial charge in [-0.2, -0.15) is 0 Å². The molecule has 0 heterocycles. The Kier molecular flexibility index (Phi) is 34.0. The summed E-state index contributed by atoms with van der Waals surface area (Å²) in [5.74, 6) is 7.24. The molecule has 0 N–H and O–H groups in total. The quantitative estimate of drug-likeness (QED) is 0.143. The maximum atomic E-state index is 4.51. The normalized spacial score (nSPS) is 15.5. The van der Waals surface area contributed by atoms with E-state index >= 15 is 0 Å². The van der Waals surface area contributed by atoms with Gasteiger partial charge in [-0.1, -0.05) is 122 Å². The molecule has 0 saturated heterocycles. The molecule has 0 aliphatic rings. The zero-order chi connectivity index (χ0) is 28.7. The Bertz CT molecular complexity index is 478. The predicted molar refractivity (Wildman–Crippen MR) is 174 cm³/mol. The van der Waals surface area contributed by atoms with Crippen LogP contribution in [-0.2, 0) is 25.8 Å². The van der Waals surface area contributed by atoms with Gasteiger partial charge in [0.05, 0.1) is 0 Å². The van der Waals surface area contributed by atoms with Crippen LogP contribution in [0.1, 0.15) is 122 Å². The molecular formula is C32H67GeHfN3. The molecule has 0 spiro atoms. The molecule has 3 nitrogen and oxygen atoms in total. The summed E-state index contributed by atoms with van der Waals surface area (Å²) < 4.78 is 1.61. The Morgan fingerprint density at radius 3 is 0.784 bits per heavy atom. The number of nitrogens with zero attached hydrogens (tertiary/aromatic N) is 3. The molecular weight excluding hydrogens is 677 g/mol. The van der Waals surface area contributed by atoms with Crippen LogP contribution in [0.3, 0.4) is 0 Å². The number of hydrogen-bond acceptors (Lipinski definition) is 0. The van der Waals surface area contributed by atoms with Crippen LogP contribution in [0.5, 0.6) is 0 Å². The van der Waals surface area contributed by atoms with Crippen molar-refractivity contribution in [1.29, 1.82) is 0 Å². The minimum Gasteiger partial charge on any atom is 4.00 e. The summed E-state index contributed by atoms with van der Waals surface area (Å²) in [6.45, 7) is 26.1. The average molecular weight is 745 g/mol. The second-order valence-corrected chi connectivity index (χ2v) is 22.1.